The Morgan fingerprint density at radius 2 is 1.92 bits per heavy atom. The smallest absolute Gasteiger partial charge is 0.490 e. The first-order valence-electron chi connectivity index (χ1n) is 7.08. The number of alkyl halides is 5. The van der Waals surface area contributed by atoms with Gasteiger partial charge in [-0.05, 0) is 12.1 Å². The van der Waals surface area contributed by atoms with Crippen molar-refractivity contribution >= 4 is 15.8 Å². The number of aliphatic hydroxyl groups excluding tert-OH is 1. The largest absolute Gasteiger partial charge is 0.501 e. The highest BCUT2D eigenvalue weighted by Crippen LogP contribution is 2.50. The van der Waals surface area contributed by atoms with Gasteiger partial charge in [-0.2, -0.15) is 13.2 Å². The lowest BCUT2D eigenvalue weighted by Crippen LogP contribution is -2.26. The molecule has 0 aromatic heterocycles. The Morgan fingerprint density at radius 1 is 1.31 bits per heavy atom. The number of aliphatic hydroxyl groups is 1. The first-order valence-corrected chi connectivity index (χ1v) is 8.56. The van der Waals surface area contributed by atoms with Gasteiger partial charge in [0.1, 0.15) is 25.1 Å². The Balaban J connectivity index is 2.47. The van der Waals surface area contributed by atoms with E-state index in [1.54, 1.807) is 0 Å². The summed E-state index contributed by atoms with van der Waals surface area (Å²) in [4.78, 5) is 9.19. The molecule has 1 aromatic carbocycles. The van der Waals surface area contributed by atoms with E-state index in [-0.39, 0.29) is 19.0 Å². The number of ether oxygens (including phenoxy) is 2. The van der Waals surface area contributed by atoms with Crippen LogP contribution in [0.1, 0.15) is 24.2 Å². The van der Waals surface area contributed by atoms with Gasteiger partial charge in [-0.1, -0.05) is 0 Å². The van der Waals surface area contributed by atoms with Crippen LogP contribution in [-0.2, 0) is 25.8 Å². The molecule has 1 aliphatic rings. The minimum atomic E-state index is -5.96. The molecule has 0 radical (unpaired) electrons. The van der Waals surface area contributed by atoms with E-state index in [1.807, 2.05) is 0 Å². The normalized spacial score (nSPS) is 19.1. The van der Waals surface area contributed by atoms with Crippen LogP contribution in [0.25, 0.3) is 0 Å². The highest BCUT2D eigenvalue weighted by molar-refractivity contribution is 7.92. The molecule has 1 unspecified atom stereocenters. The Labute approximate surface area is 144 Å². The van der Waals surface area contributed by atoms with E-state index in [1.165, 1.54) is 0 Å². The predicted molar refractivity (Wildman–Crippen MR) is 75.4 cm³/mol. The van der Waals surface area contributed by atoms with Crippen molar-refractivity contribution in [1.29, 1.82) is 0 Å². The van der Waals surface area contributed by atoms with Crippen LogP contribution >= 0.6 is 0 Å². The molecule has 6 nitrogen and oxygen atoms in total. The number of sulfone groups is 1. The van der Waals surface area contributed by atoms with Gasteiger partial charge in [-0.15, -0.1) is 0 Å². The van der Waals surface area contributed by atoms with Gasteiger partial charge >= 0.3 is 11.5 Å². The molecule has 0 fully saturated rings. The van der Waals surface area contributed by atoms with Gasteiger partial charge in [0.15, 0.2) is 0 Å². The lowest BCUT2D eigenvalue weighted by molar-refractivity contribution is -0.141. The third-order valence-corrected chi connectivity index (χ3v) is 5.14. The molecule has 0 aliphatic heterocycles. The molecule has 1 aromatic rings. The first kappa shape index (κ1) is 20.4. The van der Waals surface area contributed by atoms with E-state index in [0.29, 0.717) is 6.07 Å². The average Bonchev–Trinajstić information content (AvgIpc) is 2.73. The Morgan fingerprint density at radius 3 is 2.46 bits per heavy atom. The van der Waals surface area contributed by atoms with E-state index in [4.69, 9.17) is 4.74 Å². The summed E-state index contributed by atoms with van der Waals surface area (Å²) < 4.78 is 99.0. The van der Waals surface area contributed by atoms with Crippen molar-refractivity contribution in [3.63, 3.8) is 0 Å². The minimum absolute atomic E-state index is 0.258. The number of esters is 1. The van der Waals surface area contributed by atoms with Gasteiger partial charge in [-0.3, -0.25) is 4.79 Å². The summed E-state index contributed by atoms with van der Waals surface area (Å²) in [6, 6.07) is 1.24. The molecule has 0 heterocycles. The predicted octanol–water partition coefficient (Wildman–Crippen LogP) is 2.15. The van der Waals surface area contributed by atoms with Gasteiger partial charge in [0.05, 0.1) is 4.90 Å². The second-order valence-electron chi connectivity index (χ2n) is 5.43. The number of hydrogen-bond donors (Lipinski definition) is 1. The van der Waals surface area contributed by atoms with E-state index in [9.17, 15) is 40.3 Å². The number of halogens is 5. The fraction of sp³-hybridized carbons (Fsp3) is 0.500. The van der Waals surface area contributed by atoms with Crippen LogP contribution in [0.2, 0.25) is 0 Å². The Kier molecular flexibility index (Phi) is 5.21. The van der Waals surface area contributed by atoms with Gasteiger partial charge in [0.2, 0.25) is 0 Å². The molecule has 0 saturated heterocycles. The molecule has 0 spiro atoms. The zero-order chi connectivity index (χ0) is 19.9. The van der Waals surface area contributed by atoms with Crippen molar-refractivity contribution in [3.8, 4) is 5.75 Å². The van der Waals surface area contributed by atoms with E-state index < -0.39 is 55.8 Å². The highest BCUT2D eigenvalue weighted by atomic mass is 32.2. The Bertz CT molecular complexity index is 818. The van der Waals surface area contributed by atoms with Gasteiger partial charge in [0, 0.05) is 24.5 Å². The number of carbonyl (C=O) groups is 1. The maximum absolute atomic E-state index is 13.8. The summed E-state index contributed by atoms with van der Waals surface area (Å²) in [5.74, 6) is -4.83. The van der Waals surface area contributed by atoms with Crippen LogP contribution in [0.5, 0.6) is 5.75 Å². The summed E-state index contributed by atoms with van der Waals surface area (Å²) in [5.41, 5.74) is -7.32. The van der Waals surface area contributed by atoms with Crippen LogP contribution < -0.4 is 4.74 Å². The van der Waals surface area contributed by atoms with Gasteiger partial charge < -0.3 is 14.6 Å². The highest BCUT2D eigenvalue weighted by Gasteiger charge is 2.55. The molecular weight excluding hydrogens is 391 g/mol. The standard InChI is InChI=1S/C14H13F5O6S/c1-7(20)24-4-5-25-9-2-3-10(26(22,23)14(17,18)19)11-8(9)6-13(15,16)12(11)21/h2-3,12,21H,4-6H2,1H3. The van der Waals surface area contributed by atoms with Crippen LogP contribution in [0.3, 0.4) is 0 Å². The van der Waals surface area contributed by atoms with Crippen LogP contribution in [0, 0.1) is 0 Å². The van der Waals surface area contributed by atoms with E-state index >= 15 is 0 Å². The fourth-order valence-electron chi connectivity index (χ4n) is 2.48. The monoisotopic (exact) mass is 404 g/mol. The van der Waals surface area contributed by atoms with E-state index in [2.05, 4.69) is 4.74 Å². The average molecular weight is 404 g/mol. The number of rotatable bonds is 5. The molecule has 1 aliphatic carbocycles. The zero-order valence-corrected chi connectivity index (χ0v) is 14.0. The summed E-state index contributed by atoms with van der Waals surface area (Å²) >= 11 is 0. The molecule has 0 bridgehead atoms. The third kappa shape index (κ3) is 3.61. The summed E-state index contributed by atoms with van der Waals surface area (Å²) in [6.07, 6.45) is -3.94. The number of fused-ring (bicyclic) bond motifs is 1. The number of carbonyl (C=O) groups excluding carboxylic acids is 1. The van der Waals surface area contributed by atoms with Crippen LogP contribution in [-0.4, -0.2) is 44.1 Å². The molecule has 2 rings (SSSR count). The summed E-state index contributed by atoms with van der Waals surface area (Å²) in [6.45, 7) is 0.552. The topological polar surface area (TPSA) is 89.9 Å². The lowest BCUT2D eigenvalue weighted by atomic mass is 10.1. The molecule has 1 atom stereocenters. The molecule has 0 amide bonds. The van der Waals surface area contributed by atoms with Crippen molar-refractivity contribution < 1.29 is 49.7 Å². The van der Waals surface area contributed by atoms with Crippen molar-refractivity contribution in [2.24, 2.45) is 0 Å². The molecule has 12 heteroatoms. The number of benzene rings is 1. The molecule has 0 saturated carbocycles. The van der Waals surface area contributed by atoms with Crippen molar-refractivity contribution in [1.82, 2.24) is 0 Å². The van der Waals surface area contributed by atoms with Crippen molar-refractivity contribution in [2.45, 2.75) is 35.8 Å². The molecule has 26 heavy (non-hydrogen) atoms. The molecule has 1 N–H and O–H groups in total. The van der Waals surface area contributed by atoms with Gasteiger partial charge in [0.25, 0.3) is 15.8 Å². The van der Waals surface area contributed by atoms with Gasteiger partial charge in [-0.25, -0.2) is 17.2 Å². The van der Waals surface area contributed by atoms with E-state index in [0.717, 1.165) is 13.0 Å². The second kappa shape index (κ2) is 6.65. The SMILES string of the molecule is CC(=O)OCCOc1ccc(S(=O)(=O)C(F)(F)F)c2c1CC(F)(F)C2O. The first-order chi connectivity index (χ1) is 11.8. The maximum Gasteiger partial charge on any atom is 0.501 e. The third-order valence-electron chi connectivity index (χ3n) is 3.60. The molecular formula is C14H13F5O6S. The zero-order valence-electron chi connectivity index (χ0n) is 13.1. The second-order valence-corrected chi connectivity index (χ2v) is 7.34. The fourth-order valence-corrected chi connectivity index (χ4v) is 3.50. The minimum Gasteiger partial charge on any atom is -0.490 e. The van der Waals surface area contributed by atoms with Crippen LogP contribution in [0.4, 0.5) is 22.0 Å². The maximum atomic E-state index is 13.8. The quantitative estimate of drug-likeness (QED) is 0.460. The van der Waals surface area contributed by atoms with Crippen LogP contribution in [0.15, 0.2) is 17.0 Å². The molecule has 146 valence electrons. The summed E-state index contributed by atoms with van der Waals surface area (Å²) in [7, 11) is -5.96. The number of hydrogen-bond acceptors (Lipinski definition) is 6. The summed E-state index contributed by atoms with van der Waals surface area (Å²) in [5, 5.41) is 9.68. The van der Waals surface area contributed by atoms with Crippen molar-refractivity contribution in [2.75, 3.05) is 13.2 Å². The van der Waals surface area contributed by atoms with Crippen molar-refractivity contribution in [3.05, 3.63) is 23.3 Å². The Hall–Kier alpha value is -1.95. The lowest BCUT2D eigenvalue weighted by Gasteiger charge is -2.17.